The van der Waals surface area contributed by atoms with Gasteiger partial charge >= 0.3 is 0 Å². The molecule has 3 heterocycles. The van der Waals surface area contributed by atoms with Crippen molar-refractivity contribution in [2.45, 2.75) is 32.2 Å². The van der Waals surface area contributed by atoms with Gasteiger partial charge in [0, 0.05) is 28.9 Å². The first kappa shape index (κ1) is 17.9. The number of hydrogen-bond donors (Lipinski definition) is 1. The van der Waals surface area contributed by atoms with E-state index < -0.39 is 0 Å². The second kappa shape index (κ2) is 8.09. The number of pyridine rings is 1. The van der Waals surface area contributed by atoms with E-state index in [9.17, 15) is 0 Å². The van der Waals surface area contributed by atoms with Gasteiger partial charge in [-0.05, 0) is 67.1 Å². The third-order valence-electron chi connectivity index (χ3n) is 5.24. The summed E-state index contributed by atoms with van der Waals surface area (Å²) in [4.78, 5) is 8.73. The number of anilines is 1. The van der Waals surface area contributed by atoms with E-state index in [0.717, 1.165) is 33.3 Å². The van der Waals surface area contributed by atoms with Crippen molar-refractivity contribution in [1.29, 1.82) is 0 Å². The summed E-state index contributed by atoms with van der Waals surface area (Å²) >= 11 is 1.63. The van der Waals surface area contributed by atoms with Gasteiger partial charge in [0.1, 0.15) is 10.8 Å². The lowest BCUT2D eigenvalue weighted by Crippen LogP contribution is -2.04. The van der Waals surface area contributed by atoms with Gasteiger partial charge in [-0.1, -0.05) is 12.1 Å². The van der Waals surface area contributed by atoms with Crippen molar-refractivity contribution in [3.63, 3.8) is 0 Å². The number of aromatic nitrogens is 4. The molecular weight excluding hydrogens is 378 g/mol. The Hall–Kier alpha value is -3.12. The predicted octanol–water partition coefficient (Wildman–Crippen LogP) is 5.15. The normalized spacial score (nSPS) is 13.1. The highest BCUT2D eigenvalue weighted by atomic mass is 32.1. The molecule has 0 unspecified atom stereocenters. The highest BCUT2D eigenvalue weighted by Crippen LogP contribution is 2.27. The summed E-state index contributed by atoms with van der Waals surface area (Å²) in [5, 5.41) is 15.2. The van der Waals surface area contributed by atoms with Crippen molar-refractivity contribution < 1.29 is 0 Å². The topological polar surface area (TPSA) is 63.6 Å². The third-order valence-corrected chi connectivity index (χ3v) is 6.18. The van der Waals surface area contributed by atoms with Crippen molar-refractivity contribution in [3.8, 4) is 21.8 Å². The Balaban J connectivity index is 1.25. The maximum absolute atomic E-state index is 4.68. The summed E-state index contributed by atoms with van der Waals surface area (Å²) in [7, 11) is 0. The number of nitrogens with zero attached hydrogens (tertiary/aromatic N) is 4. The van der Waals surface area contributed by atoms with Crippen LogP contribution in [0.4, 0.5) is 5.82 Å². The summed E-state index contributed by atoms with van der Waals surface area (Å²) in [6, 6.07) is 14.7. The molecule has 0 spiro atoms. The van der Waals surface area contributed by atoms with Crippen LogP contribution in [0.3, 0.4) is 0 Å². The highest BCUT2D eigenvalue weighted by Gasteiger charge is 2.11. The number of thiazole rings is 1. The fourth-order valence-electron chi connectivity index (χ4n) is 3.67. The smallest absolute Gasteiger partial charge is 0.149 e. The number of benzene rings is 1. The van der Waals surface area contributed by atoms with E-state index in [1.165, 1.54) is 36.8 Å². The van der Waals surface area contributed by atoms with Gasteiger partial charge in [-0.3, -0.25) is 4.98 Å². The molecule has 5 rings (SSSR count). The fraction of sp³-hybridized carbons (Fsp3) is 0.217. The zero-order chi connectivity index (χ0) is 19.5. The molecule has 1 aliphatic carbocycles. The van der Waals surface area contributed by atoms with E-state index >= 15 is 0 Å². The molecule has 0 saturated carbocycles. The third kappa shape index (κ3) is 4.03. The van der Waals surface area contributed by atoms with E-state index in [1.54, 1.807) is 23.7 Å². The first-order chi connectivity index (χ1) is 14.3. The first-order valence-corrected chi connectivity index (χ1v) is 10.8. The van der Waals surface area contributed by atoms with Crippen molar-refractivity contribution in [2.24, 2.45) is 0 Å². The average Bonchev–Trinajstić information content (AvgIpc) is 3.27. The van der Waals surface area contributed by atoms with E-state index in [2.05, 4.69) is 49.1 Å². The number of fused-ring (bicyclic) bond motifs is 1. The van der Waals surface area contributed by atoms with Gasteiger partial charge in [-0.2, -0.15) is 0 Å². The van der Waals surface area contributed by atoms with Gasteiger partial charge in [0.25, 0.3) is 0 Å². The fourth-order valence-corrected chi connectivity index (χ4v) is 4.50. The van der Waals surface area contributed by atoms with Gasteiger partial charge in [0.15, 0.2) is 0 Å². The van der Waals surface area contributed by atoms with Crippen LogP contribution in [0.25, 0.3) is 21.8 Å². The van der Waals surface area contributed by atoms with Gasteiger partial charge in [-0.15, -0.1) is 21.5 Å². The summed E-state index contributed by atoms with van der Waals surface area (Å²) < 4.78 is 0. The molecule has 1 aromatic carbocycles. The van der Waals surface area contributed by atoms with Gasteiger partial charge in [-0.25, -0.2) is 4.98 Å². The lowest BCUT2D eigenvalue weighted by molar-refractivity contribution is 0.686. The van der Waals surface area contributed by atoms with Crippen LogP contribution in [0, 0.1) is 0 Å². The van der Waals surface area contributed by atoms with Crippen LogP contribution in [-0.4, -0.2) is 20.2 Å². The number of aryl methyl sites for hydroxylation is 2. The highest BCUT2D eigenvalue weighted by molar-refractivity contribution is 7.13. The predicted molar refractivity (Wildman–Crippen MR) is 117 cm³/mol. The maximum atomic E-state index is 4.68. The summed E-state index contributed by atoms with van der Waals surface area (Å²) in [5.74, 6) is 0.755. The molecule has 0 bridgehead atoms. The molecule has 0 saturated heterocycles. The zero-order valence-electron chi connectivity index (χ0n) is 16.0. The second-order valence-electron chi connectivity index (χ2n) is 7.23. The molecule has 144 valence electrons. The van der Waals surface area contributed by atoms with Crippen LogP contribution in [0.15, 0.2) is 60.2 Å². The minimum atomic E-state index is 0.619. The largest absolute Gasteiger partial charge is 0.363 e. The molecular formula is C23H21N5S. The van der Waals surface area contributed by atoms with Crippen LogP contribution in [-0.2, 0) is 19.4 Å². The Morgan fingerprint density at radius 1 is 0.862 bits per heavy atom. The zero-order valence-corrected chi connectivity index (χ0v) is 16.8. The molecule has 29 heavy (non-hydrogen) atoms. The van der Waals surface area contributed by atoms with Crippen LogP contribution < -0.4 is 5.32 Å². The SMILES string of the molecule is c1cc(-c2nc(CNc3ccc(-c4ccc5c(c4)CCCC5)nn3)cs2)ccn1. The van der Waals surface area contributed by atoms with Crippen molar-refractivity contribution in [2.75, 3.05) is 5.32 Å². The van der Waals surface area contributed by atoms with Gasteiger partial charge < -0.3 is 5.32 Å². The molecule has 3 aromatic heterocycles. The summed E-state index contributed by atoms with van der Waals surface area (Å²) in [6.07, 6.45) is 8.53. The lowest BCUT2D eigenvalue weighted by atomic mass is 9.90. The molecule has 4 aromatic rings. The first-order valence-electron chi connectivity index (χ1n) is 9.90. The van der Waals surface area contributed by atoms with Crippen LogP contribution in [0.5, 0.6) is 0 Å². The van der Waals surface area contributed by atoms with Crippen molar-refractivity contribution in [3.05, 3.63) is 77.1 Å². The Labute approximate surface area is 173 Å². The number of nitrogens with one attached hydrogen (secondary N) is 1. The van der Waals surface area contributed by atoms with E-state index in [-0.39, 0.29) is 0 Å². The standard InChI is InChI=1S/C23H21N5S/c1-2-4-18-13-19(6-5-16(18)3-1)21-7-8-22(28-27-21)25-14-20-15-29-23(26-20)17-9-11-24-12-10-17/h5-13,15H,1-4,14H2,(H,25,28). The molecule has 1 aliphatic rings. The number of rotatable bonds is 5. The average molecular weight is 400 g/mol. The minimum absolute atomic E-state index is 0.619. The van der Waals surface area contributed by atoms with Crippen LogP contribution in [0.2, 0.25) is 0 Å². The Morgan fingerprint density at radius 2 is 1.72 bits per heavy atom. The number of hydrogen-bond acceptors (Lipinski definition) is 6. The molecule has 0 radical (unpaired) electrons. The van der Waals surface area contributed by atoms with Gasteiger partial charge in [0.2, 0.25) is 0 Å². The van der Waals surface area contributed by atoms with Crippen LogP contribution >= 0.6 is 11.3 Å². The van der Waals surface area contributed by atoms with E-state index in [1.807, 2.05) is 24.3 Å². The Kier molecular flexibility index (Phi) is 5.01. The van der Waals surface area contributed by atoms with Crippen molar-refractivity contribution in [1.82, 2.24) is 20.2 Å². The second-order valence-corrected chi connectivity index (χ2v) is 8.09. The Morgan fingerprint density at radius 3 is 2.55 bits per heavy atom. The lowest BCUT2D eigenvalue weighted by Gasteiger charge is -2.16. The monoisotopic (exact) mass is 399 g/mol. The molecule has 0 aliphatic heterocycles. The van der Waals surface area contributed by atoms with Crippen LogP contribution in [0.1, 0.15) is 29.7 Å². The molecule has 0 amide bonds. The Bertz CT molecular complexity index is 1110. The molecule has 5 nitrogen and oxygen atoms in total. The maximum Gasteiger partial charge on any atom is 0.149 e. The molecule has 0 atom stereocenters. The minimum Gasteiger partial charge on any atom is -0.363 e. The van der Waals surface area contributed by atoms with Gasteiger partial charge in [0.05, 0.1) is 17.9 Å². The summed E-state index contributed by atoms with van der Waals surface area (Å²) in [6.45, 7) is 0.619. The molecule has 0 fully saturated rings. The van der Waals surface area contributed by atoms with Crippen molar-refractivity contribution >= 4 is 17.2 Å². The molecule has 6 heteroatoms. The van der Waals surface area contributed by atoms with E-state index in [4.69, 9.17) is 0 Å². The quantitative estimate of drug-likeness (QED) is 0.503. The summed E-state index contributed by atoms with van der Waals surface area (Å²) in [5.41, 5.74) is 7.09. The van der Waals surface area contributed by atoms with E-state index in [0.29, 0.717) is 6.54 Å². The molecule has 1 N–H and O–H groups in total.